The van der Waals surface area contributed by atoms with Gasteiger partial charge in [-0.2, -0.15) is 0 Å². The van der Waals surface area contributed by atoms with Crippen molar-refractivity contribution in [2.24, 2.45) is 0 Å². The van der Waals surface area contributed by atoms with Crippen LogP contribution in [0.5, 0.6) is 0 Å². The number of hydrogen-bond donors (Lipinski definition) is 1. The van der Waals surface area contributed by atoms with Gasteiger partial charge in [0.25, 0.3) is 0 Å². The molecule has 2 aliphatic rings. The van der Waals surface area contributed by atoms with E-state index >= 15 is 0 Å². The lowest BCUT2D eigenvalue weighted by Crippen LogP contribution is -2.15. The van der Waals surface area contributed by atoms with Crippen LogP contribution in [0, 0.1) is 0 Å². The maximum Gasteiger partial charge on any atom is 0.144 e. The van der Waals surface area contributed by atoms with Crippen LogP contribution in [0.15, 0.2) is 4.47 Å². The van der Waals surface area contributed by atoms with Gasteiger partial charge in [-0.3, -0.25) is 0 Å². The first-order chi connectivity index (χ1) is 9.64. The van der Waals surface area contributed by atoms with Gasteiger partial charge in [0.2, 0.25) is 0 Å². The molecule has 1 N–H and O–H groups in total. The van der Waals surface area contributed by atoms with Gasteiger partial charge < -0.3 is 5.32 Å². The van der Waals surface area contributed by atoms with Crippen molar-refractivity contribution in [3.8, 4) is 0 Å². The van der Waals surface area contributed by atoms with Gasteiger partial charge in [-0.15, -0.1) is 0 Å². The Hall–Kier alpha value is -0.640. The van der Waals surface area contributed by atoms with Crippen molar-refractivity contribution in [2.45, 2.75) is 70.1 Å². The summed E-state index contributed by atoms with van der Waals surface area (Å²) >= 11 is 3.76. The molecule has 0 bridgehead atoms. The molecule has 1 heterocycles. The van der Waals surface area contributed by atoms with E-state index in [9.17, 15) is 0 Å². The molecule has 0 saturated heterocycles. The summed E-state index contributed by atoms with van der Waals surface area (Å²) in [6.07, 6.45) is 8.80. The largest absolute Gasteiger partial charge is 0.369 e. The zero-order valence-electron chi connectivity index (χ0n) is 12.5. The highest BCUT2D eigenvalue weighted by Crippen LogP contribution is 2.48. The smallest absolute Gasteiger partial charge is 0.144 e. The van der Waals surface area contributed by atoms with E-state index in [0.29, 0.717) is 5.92 Å². The van der Waals surface area contributed by atoms with Gasteiger partial charge >= 0.3 is 0 Å². The summed E-state index contributed by atoms with van der Waals surface area (Å²) in [6.45, 7) is 5.44. The summed E-state index contributed by atoms with van der Waals surface area (Å²) in [5, 5.41) is 3.47. The van der Waals surface area contributed by atoms with E-state index in [1.165, 1.54) is 44.2 Å². The second-order valence-electron chi connectivity index (χ2n) is 6.56. The normalized spacial score (nSPS) is 21.1. The summed E-state index contributed by atoms with van der Waals surface area (Å²) < 4.78 is 1.10. The lowest BCUT2D eigenvalue weighted by Gasteiger charge is -2.18. The van der Waals surface area contributed by atoms with E-state index in [1.807, 2.05) is 0 Å². The Bertz CT molecular complexity index is 491. The highest BCUT2D eigenvalue weighted by Gasteiger charge is 2.43. The lowest BCUT2D eigenvalue weighted by molar-refractivity contribution is 0.646. The Morgan fingerprint density at radius 3 is 2.55 bits per heavy atom. The zero-order valence-corrected chi connectivity index (χ0v) is 14.1. The Balaban J connectivity index is 1.97. The van der Waals surface area contributed by atoms with Crippen LogP contribution in [-0.4, -0.2) is 16.5 Å². The first kappa shape index (κ1) is 14.3. The van der Waals surface area contributed by atoms with Gasteiger partial charge in [-0.1, -0.05) is 26.7 Å². The molecule has 3 nitrogen and oxygen atoms in total. The molecule has 2 fully saturated rings. The molecular formula is C16H24BrN3. The highest BCUT2D eigenvalue weighted by molar-refractivity contribution is 9.10. The SMILES string of the molecule is CCCNc1nc(C2(C)CC2)nc(C2CCCC2)c1Br. The number of anilines is 1. The molecule has 0 spiro atoms. The molecular weight excluding hydrogens is 314 g/mol. The average molecular weight is 338 g/mol. The molecule has 110 valence electrons. The Labute approximate surface area is 130 Å². The van der Waals surface area contributed by atoms with Crippen molar-refractivity contribution >= 4 is 21.7 Å². The van der Waals surface area contributed by atoms with Gasteiger partial charge in [0, 0.05) is 17.9 Å². The Morgan fingerprint density at radius 1 is 1.25 bits per heavy atom. The fourth-order valence-corrected chi connectivity index (χ4v) is 3.62. The van der Waals surface area contributed by atoms with Crippen molar-refractivity contribution in [2.75, 3.05) is 11.9 Å². The van der Waals surface area contributed by atoms with Gasteiger partial charge in [-0.05, 0) is 48.0 Å². The van der Waals surface area contributed by atoms with Crippen LogP contribution in [0.25, 0.3) is 0 Å². The molecule has 1 aromatic heterocycles. The third-order valence-corrected chi connectivity index (χ3v) is 5.48. The Morgan fingerprint density at radius 2 is 1.95 bits per heavy atom. The van der Waals surface area contributed by atoms with E-state index in [2.05, 4.69) is 35.1 Å². The predicted octanol–water partition coefficient (Wildman–Crippen LogP) is 4.77. The maximum absolute atomic E-state index is 4.96. The van der Waals surface area contributed by atoms with Crippen LogP contribution >= 0.6 is 15.9 Å². The summed E-state index contributed by atoms with van der Waals surface area (Å²) in [5.74, 6) is 2.68. The minimum atomic E-state index is 0.233. The van der Waals surface area contributed by atoms with Crippen molar-refractivity contribution in [1.82, 2.24) is 9.97 Å². The second-order valence-corrected chi connectivity index (χ2v) is 7.36. The minimum absolute atomic E-state index is 0.233. The molecule has 0 aliphatic heterocycles. The average Bonchev–Trinajstić information content (AvgIpc) is 2.99. The van der Waals surface area contributed by atoms with Crippen LogP contribution in [0.3, 0.4) is 0 Å². The number of rotatable bonds is 5. The molecule has 0 atom stereocenters. The molecule has 0 amide bonds. The standard InChI is InChI=1S/C16H24BrN3/c1-3-10-18-14-12(17)13(11-6-4-5-7-11)19-15(20-14)16(2)8-9-16/h11H,3-10H2,1-2H3,(H,18,19,20). The fraction of sp³-hybridized carbons (Fsp3) is 0.750. The van der Waals surface area contributed by atoms with Crippen LogP contribution in [-0.2, 0) is 5.41 Å². The molecule has 3 rings (SSSR count). The predicted molar refractivity (Wildman–Crippen MR) is 86.3 cm³/mol. The van der Waals surface area contributed by atoms with E-state index < -0.39 is 0 Å². The fourth-order valence-electron chi connectivity index (χ4n) is 2.98. The third-order valence-electron chi connectivity index (χ3n) is 4.70. The molecule has 1 aromatic rings. The van der Waals surface area contributed by atoms with E-state index in [1.54, 1.807) is 0 Å². The molecule has 0 aromatic carbocycles. The lowest BCUT2D eigenvalue weighted by atomic mass is 10.0. The number of halogens is 1. The second kappa shape index (κ2) is 5.63. The van der Waals surface area contributed by atoms with Gasteiger partial charge in [0.05, 0.1) is 10.2 Å². The highest BCUT2D eigenvalue weighted by atomic mass is 79.9. The summed E-state index contributed by atoms with van der Waals surface area (Å²) in [4.78, 5) is 9.77. The first-order valence-corrected chi connectivity index (χ1v) is 8.75. The molecule has 2 saturated carbocycles. The number of nitrogens with zero attached hydrogens (tertiary/aromatic N) is 2. The van der Waals surface area contributed by atoms with Gasteiger partial charge in [-0.25, -0.2) is 9.97 Å². The molecule has 4 heteroatoms. The van der Waals surface area contributed by atoms with Crippen molar-refractivity contribution in [1.29, 1.82) is 0 Å². The first-order valence-electron chi connectivity index (χ1n) is 7.96. The van der Waals surface area contributed by atoms with Crippen molar-refractivity contribution in [3.63, 3.8) is 0 Å². The molecule has 2 aliphatic carbocycles. The molecule has 0 unspecified atom stereocenters. The van der Waals surface area contributed by atoms with Crippen molar-refractivity contribution in [3.05, 3.63) is 16.0 Å². The summed E-state index contributed by atoms with van der Waals surface area (Å²) in [7, 11) is 0. The number of hydrogen-bond acceptors (Lipinski definition) is 3. The van der Waals surface area contributed by atoms with E-state index in [4.69, 9.17) is 9.97 Å². The Kier molecular flexibility index (Phi) is 4.02. The van der Waals surface area contributed by atoms with E-state index in [0.717, 1.165) is 29.1 Å². The van der Waals surface area contributed by atoms with Crippen molar-refractivity contribution < 1.29 is 0 Å². The minimum Gasteiger partial charge on any atom is -0.369 e. The topological polar surface area (TPSA) is 37.8 Å². The number of aromatic nitrogens is 2. The number of nitrogens with one attached hydrogen (secondary N) is 1. The van der Waals surface area contributed by atoms with Crippen LogP contribution in [0.2, 0.25) is 0 Å². The van der Waals surface area contributed by atoms with Gasteiger partial charge in [0.15, 0.2) is 0 Å². The molecule has 0 radical (unpaired) electrons. The van der Waals surface area contributed by atoms with E-state index in [-0.39, 0.29) is 5.41 Å². The quantitative estimate of drug-likeness (QED) is 0.840. The summed E-state index contributed by atoms with van der Waals surface area (Å²) in [6, 6.07) is 0. The molecule has 20 heavy (non-hydrogen) atoms. The summed E-state index contributed by atoms with van der Waals surface area (Å²) in [5.41, 5.74) is 1.48. The van der Waals surface area contributed by atoms with Crippen LogP contribution < -0.4 is 5.32 Å². The zero-order chi connectivity index (χ0) is 14.2. The van der Waals surface area contributed by atoms with Crippen LogP contribution in [0.4, 0.5) is 5.82 Å². The third kappa shape index (κ3) is 2.72. The maximum atomic E-state index is 4.96. The van der Waals surface area contributed by atoms with Crippen LogP contribution in [0.1, 0.15) is 76.2 Å². The monoisotopic (exact) mass is 337 g/mol. The van der Waals surface area contributed by atoms with Gasteiger partial charge in [0.1, 0.15) is 11.6 Å².